The van der Waals surface area contributed by atoms with Crippen molar-refractivity contribution in [3.63, 3.8) is 0 Å². The Balaban J connectivity index is 1.70. The molecule has 29 heavy (non-hydrogen) atoms. The molecule has 2 amide bonds. The van der Waals surface area contributed by atoms with Gasteiger partial charge in [-0.1, -0.05) is 12.1 Å². The average molecular weight is 403 g/mol. The lowest BCUT2D eigenvalue weighted by Gasteiger charge is -2.36. The summed E-state index contributed by atoms with van der Waals surface area (Å²) in [7, 11) is 0. The molecule has 2 aromatic rings. The van der Waals surface area contributed by atoms with Crippen LogP contribution in [0.5, 0.6) is 5.75 Å². The summed E-state index contributed by atoms with van der Waals surface area (Å²) < 4.78 is 43.6. The molecular formula is C21H20F3N3O2. The zero-order valence-corrected chi connectivity index (χ0v) is 15.6. The first kappa shape index (κ1) is 20.5. The van der Waals surface area contributed by atoms with Crippen molar-refractivity contribution in [3.05, 3.63) is 59.7 Å². The molecule has 0 aromatic heterocycles. The number of hydrogen-bond donors (Lipinski definition) is 1. The number of piperidine rings is 1. The predicted molar refractivity (Wildman–Crippen MR) is 101 cm³/mol. The fourth-order valence-electron chi connectivity index (χ4n) is 3.36. The number of nitrogens with one attached hydrogen (secondary N) is 1. The molecule has 0 radical (unpaired) electrons. The lowest BCUT2D eigenvalue weighted by Crippen LogP contribution is -2.41. The van der Waals surface area contributed by atoms with Crippen LogP contribution in [0.3, 0.4) is 0 Å². The van der Waals surface area contributed by atoms with E-state index in [1.165, 1.54) is 12.1 Å². The maximum Gasteiger partial charge on any atom is 0.416 e. The summed E-state index contributed by atoms with van der Waals surface area (Å²) in [6.45, 7) is 0.467. The third kappa shape index (κ3) is 5.19. The number of carbonyl (C=O) groups excluding carboxylic acids is 1. The van der Waals surface area contributed by atoms with Gasteiger partial charge in [0.25, 0.3) is 0 Å². The molecule has 1 atom stereocenters. The van der Waals surface area contributed by atoms with Gasteiger partial charge in [-0.25, -0.2) is 4.79 Å². The van der Waals surface area contributed by atoms with E-state index in [0.717, 1.165) is 25.0 Å². The topological polar surface area (TPSA) is 65.4 Å². The summed E-state index contributed by atoms with van der Waals surface area (Å²) in [6.07, 6.45) is -1.95. The van der Waals surface area contributed by atoms with E-state index in [9.17, 15) is 18.0 Å². The largest absolute Gasteiger partial charge is 0.479 e. The van der Waals surface area contributed by atoms with E-state index < -0.39 is 11.7 Å². The van der Waals surface area contributed by atoms with Gasteiger partial charge in [0.05, 0.1) is 11.6 Å². The Hall–Kier alpha value is -3.21. The molecule has 1 fully saturated rings. The molecule has 0 spiro atoms. The van der Waals surface area contributed by atoms with Crippen molar-refractivity contribution in [2.24, 2.45) is 0 Å². The Morgan fingerprint density at radius 2 is 1.83 bits per heavy atom. The number of likely N-dealkylation sites (tertiary alicyclic amines) is 1. The lowest BCUT2D eigenvalue weighted by atomic mass is 9.95. The van der Waals surface area contributed by atoms with Gasteiger partial charge < -0.3 is 15.0 Å². The molecule has 0 aliphatic carbocycles. The van der Waals surface area contributed by atoms with Crippen molar-refractivity contribution in [1.82, 2.24) is 4.90 Å². The Kier molecular flexibility index (Phi) is 6.27. The Morgan fingerprint density at radius 3 is 2.45 bits per heavy atom. The second-order valence-electron chi connectivity index (χ2n) is 6.73. The number of urea groups is 1. The molecule has 0 unspecified atom stereocenters. The molecule has 3 rings (SSSR count). The number of ether oxygens (including phenoxy) is 1. The second-order valence-corrected chi connectivity index (χ2v) is 6.73. The number of benzene rings is 2. The summed E-state index contributed by atoms with van der Waals surface area (Å²) in [5.74, 6) is 0.519. The monoisotopic (exact) mass is 403 g/mol. The molecule has 1 aliphatic rings. The molecule has 0 saturated carbocycles. The highest BCUT2D eigenvalue weighted by Gasteiger charge is 2.32. The number of nitrogens with zero attached hydrogens (tertiary/aromatic N) is 2. The SMILES string of the molecule is N#CCOc1ccc(NC(=O)N2CCCC[C@H]2c2ccc(C(F)(F)F)cc2)cc1. The smallest absolute Gasteiger partial charge is 0.416 e. The third-order valence-corrected chi connectivity index (χ3v) is 4.80. The van der Waals surface area contributed by atoms with Crippen LogP contribution in [0.1, 0.15) is 36.4 Å². The highest BCUT2D eigenvalue weighted by atomic mass is 19.4. The molecule has 1 heterocycles. The minimum atomic E-state index is -4.38. The first-order chi connectivity index (χ1) is 13.9. The van der Waals surface area contributed by atoms with E-state index in [4.69, 9.17) is 10.00 Å². The molecule has 152 valence electrons. The van der Waals surface area contributed by atoms with Crippen molar-refractivity contribution in [2.75, 3.05) is 18.5 Å². The first-order valence-corrected chi connectivity index (χ1v) is 9.23. The van der Waals surface area contributed by atoms with Gasteiger partial charge in [0.1, 0.15) is 11.8 Å². The van der Waals surface area contributed by atoms with Gasteiger partial charge in [0.2, 0.25) is 0 Å². The Morgan fingerprint density at radius 1 is 1.14 bits per heavy atom. The minimum absolute atomic E-state index is 0.0612. The van der Waals surface area contributed by atoms with Crippen molar-refractivity contribution < 1.29 is 22.7 Å². The van der Waals surface area contributed by atoms with E-state index in [0.29, 0.717) is 30.0 Å². The quantitative estimate of drug-likeness (QED) is 0.747. The Bertz CT molecular complexity index is 874. The summed E-state index contributed by atoms with van der Waals surface area (Å²) in [5, 5.41) is 11.3. The molecular weight excluding hydrogens is 383 g/mol. The number of amides is 2. The van der Waals surface area contributed by atoms with Crippen LogP contribution in [0.4, 0.5) is 23.7 Å². The van der Waals surface area contributed by atoms with Gasteiger partial charge in [0.15, 0.2) is 6.61 Å². The minimum Gasteiger partial charge on any atom is -0.479 e. The highest BCUT2D eigenvalue weighted by Crippen LogP contribution is 2.34. The van der Waals surface area contributed by atoms with Crippen LogP contribution >= 0.6 is 0 Å². The van der Waals surface area contributed by atoms with E-state index in [2.05, 4.69) is 5.32 Å². The molecule has 5 nitrogen and oxygen atoms in total. The van der Waals surface area contributed by atoms with Gasteiger partial charge in [0, 0.05) is 12.2 Å². The maximum absolute atomic E-state index is 12.8. The number of hydrogen-bond acceptors (Lipinski definition) is 3. The van der Waals surface area contributed by atoms with Crippen LogP contribution in [0.25, 0.3) is 0 Å². The number of rotatable bonds is 4. The van der Waals surface area contributed by atoms with Crippen LogP contribution in [-0.2, 0) is 6.18 Å². The van der Waals surface area contributed by atoms with Gasteiger partial charge in [-0.15, -0.1) is 0 Å². The van der Waals surface area contributed by atoms with E-state index in [1.807, 2.05) is 6.07 Å². The summed E-state index contributed by atoms with van der Waals surface area (Å²) >= 11 is 0. The van der Waals surface area contributed by atoms with Crippen molar-refractivity contribution in [3.8, 4) is 11.8 Å². The van der Waals surface area contributed by atoms with E-state index in [-0.39, 0.29) is 18.7 Å². The fourth-order valence-corrected chi connectivity index (χ4v) is 3.36. The zero-order valence-electron chi connectivity index (χ0n) is 15.6. The molecule has 0 bridgehead atoms. The predicted octanol–water partition coefficient (Wildman–Crippen LogP) is 5.37. The molecule has 1 N–H and O–H groups in total. The molecule has 2 aromatic carbocycles. The van der Waals surface area contributed by atoms with Crippen LogP contribution in [0.2, 0.25) is 0 Å². The van der Waals surface area contributed by atoms with E-state index >= 15 is 0 Å². The normalized spacial score (nSPS) is 16.8. The van der Waals surface area contributed by atoms with Crippen molar-refractivity contribution >= 4 is 11.7 Å². The molecule has 8 heteroatoms. The number of halogens is 3. The number of nitriles is 1. The van der Waals surface area contributed by atoms with Crippen LogP contribution in [0, 0.1) is 11.3 Å². The van der Waals surface area contributed by atoms with Gasteiger partial charge >= 0.3 is 12.2 Å². The second kappa shape index (κ2) is 8.86. The van der Waals surface area contributed by atoms with E-state index in [1.54, 1.807) is 29.2 Å². The summed E-state index contributed by atoms with van der Waals surface area (Å²) in [5.41, 5.74) is 0.552. The number of anilines is 1. The standard InChI is InChI=1S/C21H20F3N3O2/c22-21(23,24)16-6-4-15(5-7-16)19-3-1-2-13-27(19)20(28)26-17-8-10-18(11-9-17)29-14-12-25/h4-11,19H,1-3,13-14H2,(H,26,28)/t19-/m0/s1. The van der Waals surface area contributed by atoms with Crippen molar-refractivity contribution in [1.29, 1.82) is 5.26 Å². The van der Waals surface area contributed by atoms with Gasteiger partial charge in [-0.3, -0.25) is 0 Å². The highest BCUT2D eigenvalue weighted by molar-refractivity contribution is 5.89. The number of carbonyl (C=O) groups is 1. The summed E-state index contributed by atoms with van der Waals surface area (Å²) in [4.78, 5) is 14.5. The first-order valence-electron chi connectivity index (χ1n) is 9.23. The van der Waals surface area contributed by atoms with Crippen LogP contribution < -0.4 is 10.1 Å². The molecule has 1 saturated heterocycles. The fraction of sp³-hybridized carbons (Fsp3) is 0.333. The van der Waals surface area contributed by atoms with Gasteiger partial charge in [-0.05, 0) is 61.2 Å². The van der Waals surface area contributed by atoms with Gasteiger partial charge in [-0.2, -0.15) is 18.4 Å². The van der Waals surface area contributed by atoms with Crippen LogP contribution in [0.15, 0.2) is 48.5 Å². The van der Waals surface area contributed by atoms with Crippen LogP contribution in [-0.4, -0.2) is 24.1 Å². The maximum atomic E-state index is 12.8. The summed E-state index contributed by atoms with van der Waals surface area (Å²) in [6, 6.07) is 12.9. The molecule has 1 aliphatic heterocycles. The Labute approximate surface area is 166 Å². The zero-order chi connectivity index (χ0) is 20.9. The number of alkyl halides is 3. The van der Waals surface area contributed by atoms with Crippen molar-refractivity contribution in [2.45, 2.75) is 31.5 Å². The third-order valence-electron chi connectivity index (χ3n) is 4.80. The lowest BCUT2D eigenvalue weighted by molar-refractivity contribution is -0.137. The average Bonchev–Trinajstić information content (AvgIpc) is 2.73.